The van der Waals surface area contributed by atoms with Crippen LogP contribution in [-0.4, -0.2) is 48.0 Å². The number of carbonyl (C=O) groups excluding carboxylic acids is 1. The Hall–Kier alpha value is -1.85. The van der Waals surface area contributed by atoms with Gasteiger partial charge in [-0.2, -0.15) is 0 Å². The molecule has 1 aromatic heterocycles. The fourth-order valence-corrected chi connectivity index (χ4v) is 1.67. The third kappa shape index (κ3) is 3.09. The third-order valence-corrected chi connectivity index (χ3v) is 2.82. The van der Waals surface area contributed by atoms with Gasteiger partial charge in [-0.1, -0.05) is 6.92 Å². The lowest BCUT2D eigenvalue weighted by atomic mass is 10.2. The first-order valence-electron chi connectivity index (χ1n) is 6.05. The SMILES string of the molecule is CCc1c(N)ncnc1N(CC)CC(=O)N(C)C. The van der Waals surface area contributed by atoms with Gasteiger partial charge in [-0.15, -0.1) is 0 Å². The van der Waals surface area contributed by atoms with Crippen LogP contribution in [0.5, 0.6) is 0 Å². The van der Waals surface area contributed by atoms with E-state index in [4.69, 9.17) is 5.73 Å². The monoisotopic (exact) mass is 251 g/mol. The normalized spacial score (nSPS) is 10.2. The second-order valence-corrected chi connectivity index (χ2v) is 4.22. The van der Waals surface area contributed by atoms with E-state index in [0.717, 1.165) is 17.8 Å². The van der Waals surface area contributed by atoms with Crippen molar-refractivity contribution in [3.8, 4) is 0 Å². The van der Waals surface area contributed by atoms with Gasteiger partial charge < -0.3 is 15.5 Å². The Morgan fingerprint density at radius 2 is 2.00 bits per heavy atom. The molecule has 0 fully saturated rings. The Morgan fingerprint density at radius 3 is 2.50 bits per heavy atom. The zero-order valence-corrected chi connectivity index (χ0v) is 11.5. The van der Waals surface area contributed by atoms with E-state index in [1.54, 1.807) is 19.0 Å². The topological polar surface area (TPSA) is 75.3 Å². The maximum atomic E-state index is 11.8. The molecule has 1 amide bonds. The largest absolute Gasteiger partial charge is 0.383 e. The quantitative estimate of drug-likeness (QED) is 0.826. The standard InChI is InChI=1S/C12H21N5O/c1-5-9-11(13)14-8-15-12(9)17(6-2)7-10(18)16(3)4/h8H,5-7H2,1-4H3,(H2,13,14,15). The molecule has 1 heterocycles. The maximum absolute atomic E-state index is 11.8. The number of hydrogen-bond donors (Lipinski definition) is 1. The number of nitrogens with two attached hydrogens (primary N) is 1. The number of rotatable bonds is 5. The summed E-state index contributed by atoms with van der Waals surface area (Å²) < 4.78 is 0. The molecule has 0 radical (unpaired) electrons. The van der Waals surface area contributed by atoms with Crippen molar-refractivity contribution < 1.29 is 4.79 Å². The van der Waals surface area contributed by atoms with Crippen LogP contribution in [0.25, 0.3) is 0 Å². The van der Waals surface area contributed by atoms with Gasteiger partial charge in [-0.3, -0.25) is 4.79 Å². The van der Waals surface area contributed by atoms with Crippen LogP contribution in [0.15, 0.2) is 6.33 Å². The average molecular weight is 251 g/mol. The van der Waals surface area contributed by atoms with E-state index in [2.05, 4.69) is 9.97 Å². The van der Waals surface area contributed by atoms with Crippen LogP contribution >= 0.6 is 0 Å². The van der Waals surface area contributed by atoms with Crippen molar-refractivity contribution in [2.24, 2.45) is 0 Å². The van der Waals surface area contributed by atoms with E-state index < -0.39 is 0 Å². The van der Waals surface area contributed by atoms with E-state index in [0.29, 0.717) is 18.9 Å². The zero-order valence-electron chi connectivity index (χ0n) is 11.5. The minimum Gasteiger partial charge on any atom is -0.383 e. The number of aromatic nitrogens is 2. The van der Waals surface area contributed by atoms with Crippen molar-refractivity contribution in [2.75, 3.05) is 37.8 Å². The molecule has 0 aromatic carbocycles. The van der Waals surface area contributed by atoms with Gasteiger partial charge in [0.2, 0.25) is 5.91 Å². The first-order valence-corrected chi connectivity index (χ1v) is 6.05. The Bertz CT molecular complexity index is 419. The van der Waals surface area contributed by atoms with E-state index >= 15 is 0 Å². The van der Waals surface area contributed by atoms with E-state index in [-0.39, 0.29) is 5.91 Å². The number of nitrogens with zero attached hydrogens (tertiary/aromatic N) is 4. The highest BCUT2D eigenvalue weighted by Crippen LogP contribution is 2.21. The molecule has 0 aliphatic rings. The minimum atomic E-state index is 0.0380. The van der Waals surface area contributed by atoms with E-state index in [9.17, 15) is 4.79 Å². The van der Waals surface area contributed by atoms with Crippen LogP contribution < -0.4 is 10.6 Å². The van der Waals surface area contributed by atoms with Gasteiger partial charge >= 0.3 is 0 Å². The Balaban J connectivity index is 3.02. The van der Waals surface area contributed by atoms with Crippen LogP contribution in [0.2, 0.25) is 0 Å². The summed E-state index contributed by atoms with van der Waals surface area (Å²) in [7, 11) is 3.48. The molecule has 0 bridgehead atoms. The molecule has 0 aliphatic heterocycles. The van der Waals surface area contributed by atoms with Gasteiger partial charge in [-0.05, 0) is 13.3 Å². The van der Waals surface area contributed by atoms with Gasteiger partial charge in [-0.25, -0.2) is 9.97 Å². The van der Waals surface area contributed by atoms with Gasteiger partial charge in [0, 0.05) is 26.2 Å². The first kappa shape index (κ1) is 14.2. The molecule has 100 valence electrons. The highest BCUT2D eigenvalue weighted by molar-refractivity contribution is 5.81. The smallest absolute Gasteiger partial charge is 0.241 e. The molecule has 0 saturated heterocycles. The Morgan fingerprint density at radius 1 is 1.33 bits per heavy atom. The van der Waals surface area contributed by atoms with Crippen LogP contribution in [0.4, 0.5) is 11.6 Å². The van der Waals surface area contributed by atoms with Crippen molar-refractivity contribution >= 4 is 17.5 Å². The Kier molecular flexibility index (Phi) is 4.88. The van der Waals surface area contributed by atoms with Crippen molar-refractivity contribution in [3.63, 3.8) is 0 Å². The second-order valence-electron chi connectivity index (χ2n) is 4.22. The van der Waals surface area contributed by atoms with Crippen LogP contribution in [0.3, 0.4) is 0 Å². The predicted octanol–water partition coefficient (Wildman–Crippen LogP) is 0.536. The number of nitrogen functional groups attached to an aromatic ring is 1. The second kappa shape index (κ2) is 6.18. The molecule has 1 rings (SSSR count). The molecule has 0 spiro atoms. The summed E-state index contributed by atoms with van der Waals surface area (Å²) in [5.41, 5.74) is 6.74. The summed E-state index contributed by atoms with van der Waals surface area (Å²) in [6.07, 6.45) is 2.18. The summed E-state index contributed by atoms with van der Waals surface area (Å²) in [6.45, 7) is 4.98. The third-order valence-electron chi connectivity index (χ3n) is 2.82. The molecule has 0 unspecified atom stereocenters. The Labute approximate surface area is 108 Å². The highest BCUT2D eigenvalue weighted by atomic mass is 16.2. The van der Waals surface area contributed by atoms with E-state index in [1.165, 1.54) is 6.33 Å². The predicted molar refractivity (Wildman–Crippen MR) is 72.4 cm³/mol. The molecular weight excluding hydrogens is 230 g/mol. The van der Waals surface area contributed by atoms with Crippen LogP contribution in [0.1, 0.15) is 19.4 Å². The lowest BCUT2D eigenvalue weighted by molar-refractivity contribution is -0.127. The summed E-state index contributed by atoms with van der Waals surface area (Å²) in [5.74, 6) is 1.28. The fraction of sp³-hybridized carbons (Fsp3) is 0.583. The minimum absolute atomic E-state index is 0.0380. The fourth-order valence-electron chi connectivity index (χ4n) is 1.67. The van der Waals surface area contributed by atoms with Gasteiger partial charge in [0.05, 0.1) is 6.54 Å². The number of anilines is 2. The molecule has 0 saturated carbocycles. The molecule has 0 aliphatic carbocycles. The zero-order chi connectivity index (χ0) is 13.7. The highest BCUT2D eigenvalue weighted by Gasteiger charge is 2.17. The van der Waals surface area contributed by atoms with Crippen molar-refractivity contribution in [3.05, 3.63) is 11.9 Å². The number of hydrogen-bond acceptors (Lipinski definition) is 5. The molecular formula is C12H21N5O. The van der Waals surface area contributed by atoms with Crippen molar-refractivity contribution in [1.82, 2.24) is 14.9 Å². The number of likely N-dealkylation sites (N-methyl/N-ethyl adjacent to an activating group) is 2. The van der Waals surface area contributed by atoms with Crippen LogP contribution in [0, 0.1) is 0 Å². The first-order chi connectivity index (χ1) is 8.51. The summed E-state index contributed by atoms with van der Waals surface area (Å²) in [4.78, 5) is 23.5. The van der Waals surface area contributed by atoms with Crippen molar-refractivity contribution in [2.45, 2.75) is 20.3 Å². The lowest BCUT2D eigenvalue weighted by Gasteiger charge is -2.25. The van der Waals surface area contributed by atoms with Crippen molar-refractivity contribution in [1.29, 1.82) is 0 Å². The summed E-state index contributed by atoms with van der Waals surface area (Å²) in [6, 6.07) is 0. The summed E-state index contributed by atoms with van der Waals surface area (Å²) >= 11 is 0. The molecule has 0 atom stereocenters. The average Bonchev–Trinajstić information content (AvgIpc) is 2.35. The molecule has 6 heteroatoms. The van der Waals surface area contributed by atoms with Gasteiger partial charge in [0.15, 0.2) is 0 Å². The van der Waals surface area contributed by atoms with Crippen LogP contribution in [-0.2, 0) is 11.2 Å². The molecule has 6 nitrogen and oxygen atoms in total. The molecule has 2 N–H and O–H groups in total. The maximum Gasteiger partial charge on any atom is 0.241 e. The lowest BCUT2D eigenvalue weighted by Crippen LogP contribution is -2.37. The van der Waals surface area contributed by atoms with E-state index in [1.807, 2.05) is 18.7 Å². The van der Waals surface area contributed by atoms with Gasteiger partial charge in [0.25, 0.3) is 0 Å². The number of amides is 1. The summed E-state index contributed by atoms with van der Waals surface area (Å²) in [5, 5.41) is 0. The molecule has 18 heavy (non-hydrogen) atoms. The van der Waals surface area contributed by atoms with Gasteiger partial charge in [0.1, 0.15) is 18.0 Å². The molecule has 1 aromatic rings. The number of carbonyl (C=O) groups is 1.